The van der Waals surface area contributed by atoms with Gasteiger partial charge in [0, 0.05) is 11.0 Å². The van der Waals surface area contributed by atoms with Crippen molar-refractivity contribution >= 4 is 21.8 Å². The average molecular weight is 110 g/mol. The van der Waals surface area contributed by atoms with Gasteiger partial charge >= 0.3 is 0 Å². The molecule has 0 aliphatic carbocycles. The fourth-order valence-electron chi connectivity index (χ4n) is 0.0481. The second-order valence-electron chi connectivity index (χ2n) is 0.368. The molecule has 5 heavy (non-hydrogen) atoms. The van der Waals surface area contributed by atoms with Crippen molar-refractivity contribution in [1.29, 1.82) is 0 Å². The van der Waals surface area contributed by atoms with Crippen LogP contribution in [0.15, 0.2) is 0 Å². The minimum Gasteiger partial charge on any atom is -0.261 e. The summed E-state index contributed by atoms with van der Waals surface area (Å²) in [4.78, 5) is 2.40. The fraction of sp³-hybridized carbons (Fsp3) is 1.00. The number of nitrogens with one attached hydrogen (secondary N) is 1. The lowest BCUT2D eigenvalue weighted by atomic mass is 12.0. The van der Waals surface area contributed by atoms with Gasteiger partial charge in [0.05, 0.1) is 0 Å². The Hall–Kier alpha value is 0.620. The Bertz CT molecular complexity index is 15.1. The highest BCUT2D eigenvalue weighted by atomic mass is 33.1. The molecule has 4 heteroatoms. The molecule has 0 aromatic heterocycles. The molecule has 0 heterocycles. The van der Waals surface area contributed by atoms with Gasteiger partial charge in [-0.05, 0) is 6.26 Å². The van der Waals surface area contributed by atoms with Crippen molar-refractivity contribution in [3.63, 3.8) is 0 Å². The van der Waals surface area contributed by atoms with Gasteiger partial charge in [0.2, 0.25) is 0 Å². The Morgan fingerprint density at radius 2 is 2.40 bits per heavy atom. The number of rotatable bonds is 2. The zero-order valence-corrected chi connectivity index (χ0v) is 4.53. The number of hydrogen-bond acceptors (Lipinski definition) is 4. The summed E-state index contributed by atoms with van der Waals surface area (Å²) in [7, 11) is 2.99. The van der Waals surface area contributed by atoms with Crippen LogP contribution in [-0.2, 0) is 0 Å². The van der Waals surface area contributed by atoms with Crippen molar-refractivity contribution in [2.45, 2.75) is 0 Å². The first-order valence-corrected chi connectivity index (χ1v) is 3.63. The van der Waals surface area contributed by atoms with Gasteiger partial charge in [-0.25, -0.2) is 0 Å². The molecule has 0 aromatic rings. The summed E-state index contributed by atoms with van der Waals surface area (Å²) in [6, 6.07) is 0. The molecule has 0 fully saturated rings. The second kappa shape index (κ2) is 4.62. The van der Waals surface area contributed by atoms with Gasteiger partial charge in [-0.2, -0.15) is 4.83 Å². The van der Waals surface area contributed by atoms with E-state index in [1.165, 1.54) is 11.0 Å². The standard InChI is InChI=1S/CH6N2S2/c1-4-5-3-2/h3H,2H2,1H3. The third kappa shape index (κ3) is 4.62. The first kappa shape index (κ1) is 5.62. The fourth-order valence-corrected chi connectivity index (χ4v) is 0.433. The van der Waals surface area contributed by atoms with Gasteiger partial charge in [0.25, 0.3) is 0 Å². The molecule has 32 valence electrons. The van der Waals surface area contributed by atoms with E-state index in [1.807, 2.05) is 6.26 Å². The quantitative estimate of drug-likeness (QED) is 0.233. The van der Waals surface area contributed by atoms with Crippen molar-refractivity contribution in [3.8, 4) is 0 Å². The van der Waals surface area contributed by atoms with Crippen LogP contribution in [0, 0.1) is 0 Å². The van der Waals surface area contributed by atoms with E-state index in [4.69, 9.17) is 5.84 Å². The summed E-state index contributed by atoms with van der Waals surface area (Å²) in [5, 5.41) is 0. The number of hydrogen-bond donors (Lipinski definition) is 2. The molecule has 0 aliphatic heterocycles. The smallest absolute Gasteiger partial charge is 0.00315 e. The topological polar surface area (TPSA) is 38.0 Å². The van der Waals surface area contributed by atoms with Crippen LogP contribution >= 0.6 is 21.8 Å². The first-order valence-electron chi connectivity index (χ1n) is 1.07. The highest BCUT2D eigenvalue weighted by Gasteiger charge is 1.65. The van der Waals surface area contributed by atoms with E-state index in [0.29, 0.717) is 0 Å². The summed E-state index contributed by atoms with van der Waals surface area (Å²) in [6.07, 6.45) is 1.95. The maximum absolute atomic E-state index is 4.83. The van der Waals surface area contributed by atoms with Crippen molar-refractivity contribution < 1.29 is 0 Å². The van der Waals surface area contributed by atoms with Crippen LogP contribution in [0.5, 0.6) is 0 Å². The van der Waals surface area contributed by atoms with Crippen LogP contribution in [-0.4, -0.2) is 6.26 Å². The molecular formula is CH6N2S2. The van der Waals surface area contributed by atoms with E-state index in [-0.39, 0.29) is 0 Å². The monoisotopic (exact) mass is 110 g/mol. The van der Waals surface area contributed by atoms with Crippen LogP contribution in [0.1, 0.15) is 0 Å². The number of hydrazine groups is 1. The highest BCUT2D eigenvalue weighted by molar-refractivity contribution is 8.75. The SMILES string of the molecule is CSSNN. The third-order valence-electron chi connectivity index (χ3n) is 0.131. The molecule has 0 radical (unpaired) electrons. The Morgan fingerprint density at radius 1 is 1.80 bits per heavy atom. The molecule has 0 saturated carbocycles. The molecule has 0 saturated heterocycles. The molecule has 0 aliphatic rings. The summed E-state index contributed by atoms with van der Waals surface area (Å²) >= 11 is 0. The molecule has 2 nitrogen and oxygen atoms in total. The van der Waals surface area contributed by atoms with E-state index in [0.717, 1.165) is 0 Å². The van der Waals surface area contributed by atoms with Gasteiger partial charge in [0.15, 0.2) is 0 Å². The predicted octanol–water partition coefficient (Wildman–Crippen LogP) is 0.376. The summed E-state index contributed by atoms with van der Waals surface area (Å²) in [6.45, 7) is 0. The van der Waals surface area contributed by atoms with E-state index < -0.39 is 0 Å². The maximum Gasteiger partial charge on any atom is 0.00315 e. The molecular weight excluding hydrogens is 104 g/mol. The molecule has 0 unspecified atom stereocenters. The largest absolute Gasteiger partial charge is 0.261 e. The zero-order valence-electron chi connectivity index (χ0n) is 2.89. The van der Waals surface area contributed by atoms with Crippen molar-refractivity contribution in [2.24, 2.45) is 5.84 Å². The van der Waals surface area contributed by atoms with E-state index in [9.17, 15) is 0 Å². The average Bonchev–Trinajstić information content (AvgIpc) is 1.41. The van der Waals surface area contributed by atoms with E-state index >= 15 is 0 Å². The Kier molecular flexibility index (Phi) is 5.19. The lowest BCUT2D eigenvalue weighted by molar-refractivity contribution is 1.13. The minimum atomic E-state index is 1.41. The Balaban J connectivity index is 2.19. The summed E-state index contributed by atoms with van der Waals surface area (Å²) in [5.41, 5.74) is 0. The highest BCUT2D eigenvalue weighted by Crippen LogP contribution is 2.07. The van der Waals surface area contributed by atoms with Crippen LogP contribution in [0.3, 0.4) is 0 Å². The first-order chi connectivity index (χ1) is 2.41. The summed E-state index contributed by atoms with van der Waals surface area (Å²) in [5.74, 6) is 4.83. The van der Waals surface area contributed by atoms with Crippen LogP contribution in [0.2, 0.25) is 0 Å². The molecule has 0 amide bonds. The van der Waals surface area contributed by atoms with Crippen LogP contribution < -0.4 is 10.7 Å². The summed E-state index contributed by atoms with van der Waals surface area (Å²) < 4.78 is 0. The van der Waals surface area contributed by atoms with Gasteiger partial charge in [-0.3, -0.25) is 5.84 Å². The normalized spacial score (nSPS) is 8.40. The third-order valence-corrected chi connectivity index (χ3v) is 1.18. The van der Waals surface area contributed by atoms with Gasteiger partial charge in [-0.15, -0.1) is 0 Å². The van der Waals surface area contributed by atoms with Crippen molar-refractivity contribution in [1.82, 2.24) is 4.83 Å². The lowest BCUT2D eigenvalue weighted by Crippen LogP contribution is -2.09. The molecule has 3 N–H and O–H groups in total. The molecule has 0 aromatic carbocycles. The van der Waals surface area contributed by atoms with Crippen LogP contribution in [0.4, 0.5) is 0 Å². The van der Waals surface area contributed by atoms with Gasteiger partial charge < -0.3 is 0 Å². The Labute approximate surface area is 39.4 Å². The molecule has 0 spiro atoms. The minimum absolute atomic E-state index is 1.41. The van der Waals surface area contributed by atoms with Gasteiger partial charge in [-0.1, -0.05) is 10.8 Å². The molecule has 0 atom stereocenters. The number of nitrogens with two attached hydrogens (primary N) is 1. The van der Waals surface area contributed by atoms with Crippen molar-refractivity contribution in [3.05, 3.63) is 0 Å². The van der Waals surface area contributed by atoms with Crippen LogP contribution in [0.25, 0.3) is 0 Å². The lowest BCUT2D eigenvalue weighted by Gasteiger charge is -1.83. The second-order valence-corrected chi connectivity index (χ2v) is 2.60. The zero-order chi connectivity index (χ0) is 4.12. The molecule has 0 bridgehead atoms. The van der Waals surface area contributed by atoms with E-state index in [1.54, 1.807) is 10.8 Å². The van der Waals surface area contributed by atoms with Gasteiger partial charge in [0.1, 0.15) is 0 Å². The predicted molar refractivity (Wildman–Crippen MR) is 28.4 cm³/mol. The maximum atomic E-state index is 4.83. The van der Waals surface area contributed by atoms with E-state index in [2.05, 4.69) is 4.83 Å². The molecule has 0 rings (SSSR count). The Morgan fingerprint density at radius 3 is 2.40 bits per heavy atom. The van der Waals surface area contributed by atoms with Crippen molar-refractivity contribution in [2.75, 3.05) is 6.26 Å².